The molecule has 0 saturated heterocycles. The number of anilines is 1. The summed E-state index contributed by atoms with van der Waals surface area (Å²) in [5.41, 5.74) is 6.69. The molecule has 2 aromatic rings. The SMILES string of the molecule is COc1cc2c(NC(C)C3=CC=CC4NN(C)C=C34)nc(C)nc2cn1. The van der Waals surface area contributed by atoms with Gasteiger partial charge in [0.2, 0.25) is 5.88 Å². The maximum atomic E-state index is 5.26. The monoisotopic (exact) mass is 350 g/mol. The molecule has 2 aliphatic rings. The van der Waals surface area contributed by atoms with Crippen molar-refractivity contribution in [2.75, 3.05) is 19.5 Å². The molecule has 0 fully saturated rings. The van der Waals surface area contributed by atoms with Crippen LogP contribution in [0, 0.1) is 6.92 Å². The maximum absolute atomic E-state index is 5.26. The van der Waals surface area contributed by atoms with Gasteiger partial charge in [0.25, 0.3) is 0 Å². The lowest BCUT2D eigenvalue weighted by Gasteiger charge is -2.24. The number of methoxy groups -OCH3 is 1. The summed E-state index contributed by atoms with van der Waals surface area (Å²) in [6.45, 7) is 4.03. The van der Waals surface area contributed by atoms with Crippen LogP contribution in [0.5, 0.6) is 5.88 Å². The van der Waals surface area contributed by atoms with E-state index < -0.39 is 0 Å². The third-order valence-electron chi connectivity index (χ3n) is 4.62. The first-order valence-corrected chi connectivity index (χ1v) is 8.59. The zero-order valence-electron chi connectivity index (χ0n) is 15.3. The number of hydrazine groups is 1. The summed E-state index contributed by atoms with van der Waals surface area (Å²) in [5, 5.41) is 6.44. The Hall–Kier alpha value is -2.93. The summed E-state index contributed by atoms with van der Waals surface area (Å²) in [4.78, 5) is 13.3. The van der Waals surface area contributed by atoms with E-state index in [-0.39, 0.29) is 12.1 Å². The fourth-order valence-corrected chi connectivity index (χ4v) is 3.41. The molecule has 7 nitrogen and oxygen atoms in total. The van der Waals surface area contributed by atoms with Crippen LogP contribution >= 0.6 is 0 Å². The van der Waals surface area contributed by atoms with Gasteiger partial charge in [0, 0.05) is 24.7 Å². The van der Waals surface area contributed by atoms with Crippen molar-refractivity contribution >= 4 is 16.7 Å². The highest BCUT2D eigenvalue weighted by atomic mass is 16.5. The van der Waals surface area contributed by atoms with E-state index >= 15 is 0 Å². The number of fused-ring (bicyclic) bond motifs is 2. The third kappa shape index (κ3) is 2.90. The van der Waals surface area contributed by atoms with Crippen molar-refractivity contribution in [3.8, 4) is 5.88 Å². The average molecular weight is 350 g/mol. The molecular formula is C19H22N6O. The van der Waals surface area contributed by atoms with Gasteiger partial charge in [-0.05, 0) is 25.0 Å². The largest absolute Gasteiger partial charge is 0.481 e. The smallest absolute Gasteiger partial charge is 0.213 e. The van der Waals surface area contributed by atoms with Crippen molar-refractivity contribution in [3.63, 3.8) is 0 Å². The van der Waals surface area contributed by atoms with Gasteiger partial charge >= 0.3 is 0 Å². The molecule has 2 aromatic heterocycles. The Kier molecular flexibility index (Phi) is 4.08. The third-order valence-corrected chi connectivity index (χ3v) is 4.62. The predicted octanol–water partition coefficient (Wildman–Crippen LogP) is 2.34. The predicted molar refractivity (Wildman–Crippen MR) is 102 cm³/mol. The maximum Gasteiger partial charge on any atom is 0.213 e. The molecule has 0 saturated carbocycles. The van der Waals surface area contributed by atoms with Gasteiger partial charge < -0.3 is 15.1 Å². The fourth-order valence-electron chi connectivity index (χ4n) is 3.41. The summed E-state index contributed by atoms with van der Waals surface area (Å²) >= 11 is 0. The first-order valence-electron chi connectivity index (χ1n) is 8.59. The van der Waals surface area contributed by atoms with Crippen LogP contribution in [0.15, 0.2) is 47.8 Å². The van der Waals surface area contributed by atoms with Crippen LogP contribution in [0.3, 0.4) is 0 Å². The highest BCUT2D eigenvalue weighted by molar-refractivity contribution is 5.89. The molecule has 134 valence electrons. The Morgan fingerprint density at radius 2 is 2.19 bits per heavy atom. The van der Waals surface area contributed by atoms with Crippen LogP contribution in [0.25, 0.3) is 10.9 Å². The molecule has 26 heavy (non-hydrogen) atoms. The molecule has 0 amide bonds. The summed E-state index contributed by atoms with van der Waals surface area (Å²) < 4.78 is 5.26. The highest BCUT2D eigenvalue weighted by Gasteiger charge is 2.27. The molecule has 0 spiro atoms. The lowest BCUT2D eigenvalue weighted by atomic mass is 9.91. The van der Waals surface area contributed by atoms with E-state index in [1.807, 2.05) is 25.0 Å². The van der Waals surface area contributed by atoms with E-state index in [4.69, 9.17) is 4.74 Å². The fraction of sp³-hybridized carbons (Fsp3) is 0.316. The van der Waals surface area contributed by atoms with E-state index in [0.29, 0.717) is 11.7 Å². The number of nitrogens with zero attached hydrogens (tertiary/aromatic N) is 4. The van der Waals surface area contributed by atoms with Gasteiger partial charge in [-0.25, -0.2) is 20.4 Å². The van der Waals surface area contributed by atoms with Gasteiger partial charge in [0.15, 0.2) is 0 Å². The summed E-state index contributed by atoms with van der Waals surface area (Å²) in [6, 6.07) is 2.17. The second-order valence-corrected chi connectivity index (χ2v) is 6.54. The quantitative estimate of drug-likeness (QED) is 0.876. The summed E-state index contributed by atoms with van der Waals surface area (Å²) in [6.07, 6.45) is 10.3. The Labute approximate surface area is 152 Å². The number of pyridine rings is 1. The topological polar surface area (TPSA) is 75.2 Å². The standard InChI is InChI=1S/C19H22N6O/c1-11(13-6-5-7-16-15(13)10-25(3)24-16)21-19-14-8-18(26-4)20-9-17(14)22-12(2)23-19/h5-11,16,24H,1-4H3,(H,21,22,23). The lowest BCUT2D eigenvalue weighted by molar-refractivity contribution is 0.349. The van der Waals surface area contributed by atoms with Gasteiger partial charge in [-0.2, -0.15) is 0 Å². The number of ether oxygens (including phenoxy) is 1. The first kappa shape index (κ1) is 16.5. The average Bonchev–Trinajstić information content (AvgIpc) is 3.01. The van der Waals surface area contributed by atoms with E-state index in [1.54, 1.807) is 13.3 Å². The molecule has 7 heteroatoms. The summed E-state index contributed by atoms with van der Waals surface area (Å²) in [5.74, 6) is 2.04. The van der Waals surface area contributed by atoms with Gasteiger partial charge in [0.1, 0.15) is 11.6 Å². The second kappa shape index (κ2) is 6.42. The normalized spacial score (nSPS) is 19.8. The lowest BCUT2D eigenvalue weighted by Crippen LogP contribution is -2.34. The number of hydrogen-bond donors (Lipinski definition) is 2. The molecule has 2 unspecified atom stereocenters. The number of allylic oxidation sites excluding steroid dienone is 2. The van der Waals surface area contributed by atoms with Gasteiger partial charge in [-0.15, -0.1) is 0 Å². The van der Waals surface area contributed by atoms with Crippen LogP contribution in [0.1, 0.15) is 12.7 Å². The zero-order valence-corrected chi connectivity index (χ0v) is 15.3. The van der Waals surface area contributed by atoms with E-state index in [1.165, 1.54) is 11.1 Å². The van der Waals surface area contributed by atoms with E-state index in [0.717, 1.165) is 16.7 Å². The molecule has 0 bridgehead atoms. The molecule has 2 atom stereocenters. The molecule has 0 aromatic carbocycles. The zero-order chi connectivity index (χ0) is 18.3. The van der Waals surface area contributed by atoms with E-state index in [9.17, 15) is 0 Å². The minimum atomic E-state index is 0.0821. The minimum absolute atomic E-state index is 0.0821. The number of hydrogen-bond acceptors (Lipinski definition) is 7. The Morgan fingerprint density at radius 3 is 3.00 bits per heavy atom. The van der Waals surface area contributed by atoms with Crippen molar-refractivity contribution in [3.05, 3.63) is 53.7 Å². The second-order valence-electron chi connectivity index (χ2n) is 6.54. The molecule has 3 heterocycles. The number of aromatic nitrogens is 3. The van der Waals surface area contributed by atoms with Crippen molar-refractivity contribution in [2.45, 2.75) is 25.9 Å². The summed E-state index contributed by atoms with van der Waals surface area (Å²) in [7, 11) is 3.61. The van der Waals surface area contributed by atoms with Crippen molar-refractivity contribution in [1.29, 1.82) is 0 Å². The Bertz CT molecular complexity index is 948. The van der Waals surface area contributed by atoms with Crippen LogP contribution in [-0.4, -0.2) is 46.2 Å². The van der Waals surface area contributed by atoms with Gasteiger partial charge in [-0.1, -0.05) is 18.2 Å². The van der Waals surface area contributed by atoms with Crippen molar-refractivity contribution in [2.24, 2.45) is 0 Å². The van der Waals surface area contributed by atoms with Crippen LogP contribution in [-0.2, 0) is 0 Å². The van der Waals surface area contributed by atoms with Gasteiger partial charge in [-0.3, -0.25) is 0 Å². The van der Waals surface area contributed by atoms with Crippen LogP contribution in [0.2, 0.25) is 0 Å². The Balaban J connectivity index is 1.69. The van der Waals surface area contributed by atoms with Crippen LogP contribution < -0.4 is 15.5 Å². The van der Waals surface area contributed by atoms with Crippen LogP contribution in [0.4, 0.5) is 5.82 Å². The Morgan fingerprint density at radius 1 is 1.35 bits per heavy atom. The number of rotatable bonds is 4. The van der Waals surface area contributed by atoms with Crippen molar-refractivity contribution < 1.29 is 4.74 Å². The van der Waals surface area contributed by atoms with Gasteiger partial charge in [0.05, 0.1) is 30.9 Å². The minimum Gasteiger partial charge on any atom is -0.481 e. The molecule has 1 aliphatic heterocycles. The molecule has 4 rings (SSSR count). The van der Waals surface area contributed by atoms with E-state index in [2.05, 4.69) is 57.0 Å². The highest BCUT2D eigenvalue weighted by Crippen LogP contribution is 2.30. The number of aryl methyl sites for hydroxylation is 1. The molecular weight excluding hydrogens is 328 g/mol. The van der Waals surface area contributed by atoms with Crippen molar-refractivity contribution in [1.82, 2.24) is 25.4 Å². The number of nitrogens with one attached hydrogen (secondary N) is 2. The molecule has 0 radical (unpaired) electrons. The first-order chi connectivity index (χ1) is 12.5. The molecule has 2 N–H and O–H groups in total. The molecule has 1 aliphatic carbocycles.